The van der Waals surface area contributed by atoms with Gasteiger partial charge in [0.25, 0.3) is 0 Å². The highest BCUT2D eigenvalue weighted by molar-refractivity contribution is 7.90. The van der Waals surface area contributed by atoms with Crippen LogP contribution in [-0.2, 0) is 11.4 Å². The van der Waals surface area contributed by atoms with E-state index >= 15 is 0 Å². The molecule has 0 saturated carbocycles. The second kappa shape index (κ2) is 11.1. The van der Waals surface area contributed by atoms with E-state index in [9.17, 15) is 14.5 Å². The van der Waals surface area contributed by atoms with Gasteiger partial charge in [0.05, 0.1) is 35.3 Å². The first-order valence-corrected chi connectivity index (χ1v) is 13.0. The first kappa shape index (κ1) is 26.4. The lowest BCUT2D eigenvalue weighted by atomic mass is 9.85. The molecule has 0 aliphatic carbocycles. The van der Waals surface area contributed by atoms with Crippen LogP contribution in [0.1, 0.15) is 45.2 Å². The zero-order chi connectivity index (χ0) is 24.3. The minimum absolute atomic E-state index is 0.0360. The lowest BCUT2D eigenvalue weighted by molar-refractivity contribution is 0.0113. The Morgan fingerprint density at radius 1 is 1.30 bits per heavy atom. The molecule has 2 fully saturated rings. The number of carbonyl (C=O) groups is 1. The van der Waals surface area contributed by atoms with Crippen molar-refractivity contribution in [1.82, 2.24) is 14.5 Å². The number of aliphatic hydroxyl groups excluding tert-OH is 1. The molecule has 3 rings (SSSR count). The van der Waals surface area contributed by atoms with Gasteiger partial charge in [-0.25, -0.2) is 4.79 Å². The Kier molecular flexibility index (Phi) is 8.86. The number of amides is 2. The van der Waals surface area contributed by atoms with Crippen molar-refractivity contribution in [2.75, 3.05) is 32.8 Å². The van der Waals surface area contributed by atoms with Crippen molar-refractivity contribution in [3.8, 4) is 5.75 Å². The van der Waals surface area contributed by atoms with E-state index in [1.54, 1.807) is 23.1 Å². The zero-order valence-corrected chi connectivity index (χ0v) is 21.7. The third kappa shape index (κ3) is 6.50. The molecular formula is C23H33Cl2N3O4S. The van der Waals surface area contributed by atoms with Crippen molar-refractivity contribution >= 4 is 40.6 Å². The maximum absolute atomic E-state index is 13.1. The summed E-state index contributed by atoms with van der Waals surface area (Å²) in [6, 6.07) is 3.12. The number of piperidine rings is 1. The largest absolute Gasteiger partial charge is 0.598 e. The molecule has 7 nitrogen and oxygen atoms in total. The molecule has 2 saturated heterocycles. The van der Waals surface area contributed by atoms with E-state index in [1.165, 1.54) is 0 Å². The highest BCUT2D eigenvalue weighted by Gasteiger charge is 2.39. The molecule has 2 aliphatic rings. The fourth-order valence-corrected chi connectivity index (χ4v) is 5.23. The quantitative estimate of drug-likeness (QED) is 0.418. The number of ether oxygens (including phenoxy) is 1. The predicted molar refractivity (Wildman–Crippen MR) is 133 cm³/mol. The number of hydrogen-bond donors (Lipinski definition) is 2. The van der Waals surface area contributed by atoms with Crippen LogP contribution in [0.3, 0.4) is 0 Å². The number of urea groups is 1. The summed E-state index contributed by atoms with van der Waals surface area (Å²) in [7, 11) is 0. The molecule has 0 bridgehead atoms. The number of likely N-dealkylation sites (tertiary alicyclic amines) is 2. The SMILES string of the molecule is C=CCOc1cc(Cl)c(Cl)cc1[C@H](N[S@@+]([O-])C(C)(C)C)C1CCN(C(=O)N2CC(O)C2)CC1. The van der Waals surface area contributed by atoms with Crippen LogP contribution in [0.15, 0.2) is 24.8 Å². The summed E-state index contributed by atoms with van der Waals surface area (Å²) in [5.41, 5.74) is 0.791. The van der Waals surface area contributed by atoms with E-state index in [0.29, 0.717) is 48.6 Å². The Bertz CT molecular complexity index is 853. The number of aliphatic hydroxyl groups is 1. The van der Waals surface area contributed by atoms with Crippen LogP contribution < -0.4 is 9.46 Å². The molecule has 184 valence electrons. The lowest BCUT2D eigenvalue weighted by Crippen LogP contribution is -2.58. The number of nitrogens with zero attached hydrogens (tertiary/aromatic N) is 2. The van der Waals surface area contributed by atoms with Gasteiger partial charge >= 0.3 is 6.03 Å². The predicted octanol–water partition coefficient (Wildman–Crippen LogP) is 4.16. The first-order valence-electron chi connectivity index (χ1n) is 11.1. The second-order valence-electron chi connectivity index (χ2n) is 9.55. The minimum Gasteiger partial charge on any atom is -0.598 e. The standard InChI is InChI=1S/C23H33Cl2N3O4S/c1-5-10-32-20-12-19(25)18(24)11-17(20)21(26-33(31)23(2,3)4)15-6-8-27(9-7-15)22(30)28-13-16(29)14-28/h5,11-12,15-16,21,26,29H,1,6-10,13-14H2,2-4H3/t21-,33+/m1/s1. The van der Waals surface area contributed by atoms with Gasteiger partial charge < -0.3 is 24.2 Å². The molecule has 2 N–H and O–H groups in total. The van der Waals surface area contributed by atoms with E-state index in [1.807, 2.05) is 25.7 Å². The molecule has 0 aromatic heterocycles. The van der Waals surface area contributed by atoms with E-state index in [0.717, 1.165) is 18.4 Å². The average molecular weight is 519 g/mol. The molecule has 2 atom stereocenters. The molecule has 2 amide bonds. The van der Waals surface area contributed by atoms with Gasteiger partial charge in [0.1, 0.15) is 17.1 Å². The van der Waals surface area contributed by atoms with Crippen LogP contribution in [0.2, 0.25) is 10.0 Å². The Hall–Kier alpha value is -1.16. The normalized spacial score (nSPS) is 19.7. The smallest absolute Gasteiger partial charge is 0.320 e. The molecule has 0 unspecified atom stereocenters. The summed E-state index contributed by atoms with van der Waals surface area (Å²) in [5.74, 6) is 0.673. The number of rotatable bonds is 7. The van der Waals surface area contributed by atoms with E-state index in [4.69, 9.17) is 27.9 Å². The van der Waals surface area contributed by atoms with Crippen molar-refractivity contribution < 1.29 is 19.2 Å². The summed E-state index contributed by atoms with van der Waals surface area (Å²) in [5, 5.41) is 10.3. The number of halogens is 2. The van der Waals surface area contributed by atoms with Gasteiger partial charge in [-0.15, -0.1) is 4.72 Å². The van der Waals surface area contributed by atoms with Crippen LogP contribution in [0.4, 0.5) is 4.79 Å². The first-order chi connectivity index (χ1) is 15.5. The minimum atomic E-state index is -1.34. The molecular weight excluding hydrogens is 485 g/mol. The van der Waals surface area contributed by atoms with Gasteiger partial charge in [0.2, 0.25) is 0 Å². The van der Waals surface area contributed by atoms with Gasteiger partial charge in [0.15, 0.2) is 0 Å². The van der Waals surface area contributed by atoms with E-state index in [2.05, 4.69) is 11.3 Å². The number of benzene rings is 1. The highest BCUT2D eigenvalue weighted by Crippen LogP contribution is 2.41. The summed E-state index contributed by atoms with van der Waals surface area (Å²) in [4.78, 5) is 16.1. The zero-order valence-electron chi connectivity index (χ0n) is 19.4. The molecule has 1 aromatic rings. The number of β-amino-alcohol motifs (C(OH)–C–C–N with tert-alkyl or cyclic N) is 1. The van der Waals surface area contributed by atoms with Crippen LogP contribution in [-0.4, -0.2) is 69.1 Å². The molecule has 2 aliphatic heterocycles. The van der Waals surface area contributed by atoms with Gasteiger partial charge in [0, 0.05) is 36.1 Å². The molecule has 10 heteroatoms. The molecule has 0 spiro atoms. The van der Waals surface area contributed by atoms with Gasteiger partial charge in [-0.05, 0) is 45.6 Å². The Labute approximate surface area is 209 Å². The van der Waals surface area contributed by atoms with Gasteiger partial charge in [-0.3, -0.25) is 0 Å². The van der Waals surface area contributed by atoms with Crippen LogP contribution >= 0.6 is 23.2 Å². The topological polar surface area (TPSA) is 88.1 Å². The summed E-state index contributed by atoms with van der Waals surface area (Å²) in [6.07, 6.45) is 2.68. The van der Waals surface area contributed by atoms with Crippen LogP contribution in [0.5, 0.6) is 5.75 Å². The van der Waals surface area contributed by atoms with Crippen molar-refractivity contribution in [1.29, 1.82) is 0 Å². The Morgan fingerprint density at radius 2 is 1.91 bits per heavy atom. The molecule has 0 radical (unpaired) electrons. The third-order valence-electron chi connectivity index (χ3n) is 5.95. The van der Waals surface area contributed by atoms with Crippen molar-refractivity contribution in [2.45, 2.75) is 50.5 Å². The summed E-state index contributed by atoms with van der Waals surface area (Å²) < 4.78 is 21.8. The fourth-order valence-electron chi connectivity index (χ4n) is 4.00. The number of hydrogen-bond acceptors (Lipinski definition) is 5. The highest BCUT2D eigenvalue weighted by atomic mass is 35.5. The van der Waals surface area contributed by atoms with Crippen molar-refractivity contribution in [2.24, 2.45) is 5.92 Å². The second-order valence-corrected chi connectivity index (χ2v) is 12.4. The molecule has 1 aromatic carbocycles. The monoisotopic (exact) mass is 517 g/mol. The summed E-state index contributed by atoms with van der Waals surface area (Å²) >= 11 is 11.3. The van der Waals surface area contributed by atoms with E-state index < -0.39 is 22.2 Å². The third-order valence-corrected chi connectivity index (χ3v) is 8.25. The summed E-state index contributed by atoms with van der Waals surface area (Å²) in [6.45, 7) is 11.7. The molecule has 2 heterocycles. The maximum atomic E-state index is 13.1. The maximum Gasteiger partial charge on any atom is 0.320 e. The van der Waals surface area contributed by atoms with Crippen molar-refractivity contribution in [3.05, 3.63) is 40.4 Å². The average Bonchev–Trinajstić information content (AvgIpc) is 2.74. The molecule has 33 heavy (non-hydrogen) atoms. The van der Waals surface area contributed by atoms with Crippen LogP contribution in [0.25, 0.3) is 0 Å². The number of carbonyl (C=O) groups excluding carboxylic acids is 1. The fraction of sp³-hybridized carbons (Fsp3) is 0.609. The Balaban J connectivity index is 1.83. The Morgan fingerprint density at radius 3 is 2.45 bits per heavy atom. The van der Waals surface area contributed by atoms with Crippen LogP contribution in [0, 0.1) is 5.92 Å². The van der Waals surface area contributed by atoms with Gasteiger partial charge in [-0.1, -0.05) is 35.9 Å². The number of nitrogens with one attached hydrogen (secondary N) is 1. The lowest BCUT2D eigenvalue weighted by Gasteiger charge is -2.43. The van der Waals surface area contributed by atoms with Crippen molar-refractivity contribution in [3.63, 3.8) is 0 Å². The van der Waals surface area contributed by atoms with Gasteiger partial charge in [-0.2, -0.15) is 0 Å². The van der Waals surface area contributed by atoms with E-state index in [-0.39, 0.29) is 18.0 Å².